The van der Waals surface area contributed by atoms with Crippen molar-refractivity contribution in [1.29, 1.82) is 0 Å². The molecule has 0 aliphatic heterocycles. The summed E-state index contributed by atoms with van der Waals surface area (Å²) in [4.78, 5) is 0. The van der Waals surface area contributed by atoms with Crippen LogP contribution in [0.3, 0.4) is 0 Å². The summed E-state index contributed by atoms with van der Waals surface area (Å²) in [5.74, 6) is 0.0705. The molecule has 0 fully saturated rings. The molecule has 0 unspecified atom stereocenters. The Morgan fingerprint density at radius 3 is 2.08 bits per heavy atom. The zero-order chi connectivity index (χ0) is 7.56. The maximum Gasteiger partial charge on any atom is -0.412 e. The number of aromatic hydroxyl groups is 1. The first-order valence-electron chi connectivity index (χ1n) is 2.65. The maximum absolute atomic E-state index is 10.4. The van der Waals surface area contributed by atoms with E-state index in [1.165, 1.54) is 12.1 Å². The van der Waals surface area contributed by atoms with Crippen LogP contribution in [0.15, 0.2) is 18.2 Å². The van der Waals surface area contributed by atoms with E-state index in [0.717, 1.165) is 0 Å². The quantitative estimate of drug-likeness (QED) is 0.408. The average molecular weight is 253 g/mol. The molecule has 7 heteroatoms. The third kappa shape index (κ3) is 5.32. The summed E-state index contributed by atoms with van der Waals surface area (Å²) in [5, 5.41) is 8.92. The molecule has 0 aliphatic carbocycles. The average Bonchev–Trinajstić information content (AvgIpc) is 1.85. The Morgan fingerprint density at radius 1 is 1.15 bits per heavy atom. The molecule has 0 saturated carbocycles. The van der Waals surface area contributed by atoms with Crippen LogP contribution in [0.2, 0.25) is 0 Å². The number of benzene rings is 1. The van der Waals surface area contributed by atoms with E-state index in [1.807, 2.05) is 0 Å². The van der Waals surface area contributed by atoms with Crippen molar-refractivity contribution in [2.45, 2.75) is 0 Å². The van der Waals surface area contributed by atoms with Gasteiger partial charge in [-0.05, 0) is 0 Å². The molecule has 1 aromatic carbocycles. The molecule has 0 heterocycles. The summed E-state index contributed by atoms with van der Waals surface area (Å²) in [6, 6.07) is 4.45. The number of nitrogen functional groups attached to an aromatic ring is 1. The van der Waals surface area contributed by atoms with Crippen LogP contribution in [0, 0.1) is 0 Å². The first-order valence-corrected chi connectivity index (χ1v) is 4.35. The van der Waals surface area contributed by atoms with Crippen molar-refractivity contribution >= 4 is 25.7 Å². The van der Waals surface area contributed by atoms with E-state index in [9.17, 15) is 3.74 Å². The van der Waals surface area contributed by atoms with Crippen LogP contribution in [0.5, 0.6) is 5.75 Å². The summed E-state index contributed by atoms with van der Waals surface area (Å²) < 4.78 is 11.0. The normalized spacial score (nSPS) is 7.69. The molecule has 9 N–H and O–H groups in total. The van der Waals surface area contributed by atoms with E-state index in [2.05, 4.69) is 0 Å². The van der Waals surface area contributed by atoms with Crippen molar-refractivity contribution in [2.24, 2.45) is 0 Å². The van der Waals surface area contributed by atoms with Gasteiger partial charge >= 0.3 is 64.3 Å². The Hall–Kier alpha value is -0.942. The van der Waals surface area contributed by atoms with Gasteiger partial charge in [0.2, 0.25) is 0 Å². The van der Waals surface area contributed by atoms with Crippen LogP contribution in [0.1, 0.15) is 0 Å². The minimum atomic E-state index is -1.09. The molecule has 13 heavy (non-hydrogen) atoms. The predicted molar refractivity (Wildman–Crippen MR) is 49.4 cm³/mol. The number of hydrogen-bond donors (Lipinski definition) is 2. The monoisotopic (exact) mass is 253 g/mol. The van der Waals surface area contributed by atoms with E-state index >= 15 is 0 Å². The van der Waals surface area contributed by atoms with Crippen molar-refractivity contribution < 1.29 is 25.3 Å². The van der Waals surface area contributed by atoms with Crippen molar-refractivity contribution in [3.05, 3.63) is 18.2 Å². The van der Waals surface area contributed by atoms with Gasteiger partial charge in [0.25, 0.3) is 0 Å². The van der Waals surface area contributed by atoms with Crippen molar-refractivity contribution in [3.8, 4) is 5.75 Å². The van der Waals surface area contributed by atoms with Crippen LogP contribution >= 0.6 is 0 Å². The van der Waals surface area contributed by atoms with Gasteiger partial charge in [-0.3, -0.25) is 0 Å². The van der Waals surface area contributed by atoms with Crippen molar-refractivity contribution in [1.82, 2.24) is 0 Å². The fourth-order valence-corrected chi connectivity index (χ4v) is 1.48. The van der Waals surface area contributed by atoms with Gasteiger partial charge in [0.1, 0.15) is 0 Å². The summed E-state index contributed by atoms with van der Waals surface area (Å²) in [7, 11) is 0. The fraction of sp³-hybridized carbons (Fsp3) is 0. The molecule has 0 aliphatic rings. The Bertz CT molecular complexity index is 247. The SMILES string of the molecule is Nc1cc(O)cc([As]=O)c1.O.O.O. The largest absolute Gasteiger partial charge is 0.412 e. The topological polar surface area (TPSA) is 158 Å². The van der Waals surface area contributed by atoms with Crippen LogP contribution in [0.4, 0.5) is 5.69 Å². The Balaban J connectivity index is -0.000000333. The molecular weight excluding hydrogens is 241 g/mol. The second-order valence-corrected chi connectivity index (χ2v) is 3.34. The summed E-state index contributed by atoms with van der Waals surface area (Å²) in [6.07, 6.45) is 0. The minimum Gasteiger partial charge on any atom is -0.412 e. The van der Waals surface area contributed by atoms with Gasteiger partial charge in [0, 0.05) is 0 Å². The molecule has 76 valence electrons. The molecule has 0 spiro atoms. The number of phenolic OH excluding ortho intramolecular Hbond substituents is 1. The van der Waals surface area contributed by atoms with Crippen LogP contribution in [-0.4, -0.2) is 37.2 Å². The van der Waals surface area contributed by atoms with Gasteiger partial charge in [0.05, 0.1) is 0 Å². The molecule has 0 radical (unpaired) electrons. The molecule has 0 atom stereocenters. The van der Waals surface area contributed by atoms with Gasteiger partial charge in [0.15, 0.2) is 0 Å². The third-order valence-electron chi connectivity index (χ3n) is 1.03. The van der Waals surface area contributed by atoms with Crippen molar-refractivity contribution in [2.75, 3.05) is 5.73 Å². The van der Waals surface area contributed by atoms with E-state index in [1.54, 1.807) is 6.07 Å². The van der Waals surface area contributed by atoms with Crippen LogP contribution in [0.25, 0.3) is 0 Å². The van der Waals surface area contributed by atoms with E-state index in [-0.39, 0.29) is 22.2 Å². The molecule has 1 rings (SSSR count). The molecule has 0 amide bonds. The number of hydrogen-bond acceptors (Lipinski definition) is 3. The maximum atomic E-state index is 10.4. The number of phenols is 1. The van der Waals surface area contributed by atoms with Gasteiger partial charge in [-0.25, -0.2) is 0 Å². The second-order valence-electron chi connectivity index (χ2n) is 1.87. The second kappa shape index (κ2) is 7.69. The van der Waals surface area contributed by atoms with Gasteiger partial charge < -0.3 is 16.4 Å². The molecule has 1 aromatic rings. The first-order chi connectivity index (χ1) is 4.72. The molecular formula is C6H12AsNO5. The summed E-state index contributed by atoms with van der Waals surface area (Å²) >= 11 is -1.09. The Morgan fingerprint density at radius 2 is 1.69 bits per heavy atom. The van der Waals surface area contributed by atoms with Gasteiger partial charge in [-0.15, -0.1) is 0 Å². The molecule has 0 bridgehead atoms. The third-order valence-corrected chi connectivity index (χ3v) is 2.01. The standard InChI is InChI=1S/C6H6AsNO2.3H2O/c8-5-1-4(7-10)2-6(9)3-5;;;/h1-3,9H,8H2;3*1H2. The summed E-state index contributed by atoms with van der Waals surface area (Å²) in [5.41, 5.74) is 5.80. The molecule has 0 aromatic heterocycles. The van der Waals surface area contributed by atoms with E-state index in [4.69, 9.17) is 10.8 Å². The number of nitrogens with two attached hydrogens (primary N) is 1. The Labute approximate surface area is 81.2 Å². The van der Waals surface area contributed by atoms with E-state index < -0.39 is 15.7 Å². The van der Waals surface area contributed by atoms with Crippen molar-refractivity contribution in [3.63, 3.8) is 0 Å². The van der Waals surface area contributed by atoms with Crippen LogP contribution < -0.4 is 10.1 Å². The zero-order valence-corrected chi connectivity index (χ0v) is 8.49. The van der Waals surface area contributed by atoms with Gasteiger partial charge in [-0.1, -0.05) is 0 Å². The minimum absolute atomic E-state index is 0. The fourth-order valence-electron chi connectivity index (χ4n) is 0.671. The zero-order valence-electron chi connectivity index (χ0n) is 6.61. The predicted octanol–water partition coefficient (Wildman–Crippen LogP) is -2.82. The number of anilines is 1. The van der Waals surface area contributed by atoms with Crippen LogP contribution in [-0.2, 0) is 3.74 Å². The number of rotatable bonds is 1. The molecule has 0 saturated heterocycles. The van der Waals surface area contributed by atoms with E-state index in [0.29, 0.717) is 10.0 Å². The Kier molecular flexibility index (Phi) is 10.6. The summed E-state index contributed by atoms with van der Waals surface area (Å²) in [6.45, 7) is 0. The molecule has 6 nitrogen and oxygen atoms in total. The van der Waals surface area contributed by atoms with Gasteiger partial charge in [-0.2, -0.15) is 0 Å². The smallest absolute Gasteiger partial charge is 0.412 e. The first kappa shape index (κ1) is 18.0.